The van der Waals surface area contributed by atoms with Crippen molar-refractivity contribution in [2.45, 2.75) is 38.6 Å². The first kappa shape index (κ1) is 14.0. The van der Waals surface area contributed by atoms with Crippen molar-refractivity contribution in [3.63, 3.8) is 0 Å². The van der Waals surface area contributed by atoms with E-state index >= 15 is 0 Å². The van der Waals surface area contributed by atoms with Gasteiger partial charge in [-0.05, 0) is 38.6 Å². The predicted octanol–water partition coefficient (Wildman–Crippen LogP) is 0.871. The summed E-state index contributed by atoms with van der Waals surface area (Å²) < 4.78 is 9.56. The van der Waals surface area contributed by atoms with E-state index in [4.69, 9.17) is 9.47 Å². The van der Waals surface area contributed by atoms with Crippen molar-refractivity contribution in [3.05, 3.63) is 0 Å². The van der Waals surface area contributed by atoms with Gasteiger partial charge in [-0.1, -0.05) is 0 Å². The summed E-state index contributed by atoms with van der Waals surface area (Å²) in [6.45, 7) is 2.84. The number of rotatable bonds is 8. The molecule has 17 heavy (non-hydrogen) atoms. The number of carbonyl (C=O) groups excluding carboxylic acids is 2. The lowest BCUT2D eigenvalue weighted by Gasteiger charge is -2.15. The monoisotopic (exact) mass is 243 g/mol. The highest BCUT2D eigenvalue weighted by Crippen LogP contribution is 2.33. The minimum Gasteiger partial charge on any atom is -0.468 e. The number of nitrogens with one attached hydrogen (secondary N) is 1. The van der Waals surface area contributed by atoms with Gasteiger partial charge in [-0.2, -0.15) is 0 Å². The maximum Gasteiger partial charge on any atom is 0.323 e. The Morgan fingerprint density at radius 2 is 2.12 bits per heavy atom. The molecule has 5 heteroatoms. The molecule has 0 saturated heterocycles. The fourth-order valence-corrected chi connectivity index (χ4v) is 1.72. The molecule has 98 valence electrons. The van der Waals surface area contributed by atoms with Crippen molar-refractivity contribution in [1.82, 2.24) is 5.32 Å². The van der Waals surface area contributed by atoms with E-state index in [1.807, 2.05) is 0 Å². The van der Waals surface area contributed by atoms with Crippen molar-refractivity contribution < 1.29 is 19.1 Å². The number of ether oxygens (including phenoxy) is 2. The van der Waals surface area contributed by atoms with Crippen LogP contribution in [0.15, 0.2) is 0 Å². The highest BCUT2D eigenvalue weighted by atomic mass is 16.5. The van der Waals surface area contributed by atoms with Gasteiger partial charge in [0.25, 0.3) is 0 Å². The standard InChI is InChI=1S/C12H21NO4/c1-3-17-10(14)5-4-8-13-11(9-6-7-9)12(15)16-2/h9,11,13H,3-8H2,1-2H3. The van der Waals surface area contributed by atoms with Crippen molar-refractivity contribution >= 4 is 11.9 Å². The quantitative estimate of drug-likeness (QED) is 0.506. The van der Waals surface area contributed by atoms with Gasteiger partial charge in [-0.3, -0.25) is 9.59 Å². The average Bonchev–Trinajstić information content (AvgIpc) is 3.12. The molecule has 0 amide bonds. The molecular formula is C12H21NO4. The number of esters is 2. The molecular weight excluding hydrogens is 222 g/mol. The Balaban J connectivity index is 2.15. The average molecular weight is 243 g/mol. The van der Waals surface area contributed by atoms with Crippen LogP contribution in [-0.4, -0.2) is 38.2 Å². The van der Waals surface area contributed by atoms with Crippen molar-refractivity contribution in [3.8, 4) is 0 Å². The first-order valence-corrected chi connectivity index (χ1v) is 6.15. The molecule has 1 saturated carbocycles. The van der Waals surface area contributed by atoms with Gasteiger partial charge in [0, 0.05) is 6.42 Å². The highest BCUT2D eigenvalue weighted by molar-refractivity contribution is 5.76. The number of methoxy groups -OCH3 is 1. The van der Waals surface area contributed by atoms with E-state index in [0.29, 0.717) is 31.9 Å². The summed E-state index contributed by atoms with van der Waals surface area (Å²) in [6.07, 6.45) is 3.22. The lowest BCUT2D eigenvalue weighted by atomic mass is 10.2. The second-order valence-electron chi connectivity index (χ2n) is 4.20. The molecule has 1 atom stereocenters. The maximum absolute atomic E-state index is 11.4. The molecule has 1 rings (SSSR count). The number of hydrogen-bond donors (Lipinski definition) is 1. The van der Waals surface area contributed by atoms with E-state index < -0.39 is 0 Å². The van der Waals surface area contributed by atoms with E-state index in [0.717, 1.165) is 12.8 Å². The third-order valence-electron chi connectivity index (χ3n) is 2.78. The summed E-state index contributed by atoms with van der Waals surface area (Å²) in [5.74, 6) is 0.0176. The van der Waals surface area contributed by atoms with Gasteiger partial charge in [-0.25, -0.2) is 0 Å². The fourth-order valence-electron chi connectivity index (χ4n) is 1.72. The molecule has 0 aromatic heterocycles. The Morgan fingerprint density at radius 1 is 1.41 bits per heavy atom. The minimum atomic E-state index is -0.206. The highest BCUT2D eigenvalue weighted by Gasteiger charge is 2.36. The van der Waals surface area contributed by atoms with E-state index in [1.165, 1.54) is 7.11 Å². The molecule has 0 radical (unpaired) electrons. The molecule has 0 aliphatic heterocycles. The molecule has 1 fully saturated rings. The first-order valence-electron chi connectivity index (χ1n) is 6.15. The van der Waals surface area contributed by atoms with Crippen LogP contribution in [0, 0.1) is 5.92 Å². The topological polar surface area (TPSA) is 64.6 Å². The Hall–Kier alpha value is -1.10. The predicted molar refractivity (Wildman–Crippen MR) is 62.4 cm³/mol. The van der Waals surface area contributed by atoms with Gasteiger partial charge < -0.3 is 14.8 Å². The van der Waals surface area contributed by atoms with Crippen LogP contribution in [0.1, 0.15) is 32.6 Å². The number of hydrogen-bond acceptors (Lipinski definition) is 5. The minimum absolute atomic E-state index is 0.185. The summed E-state index contributed by atoms with van der Waals surface area (Å²) in [7, 11) is 1.40. The number of carbonyl (C=O) groups is 2. The molecule has 5 nitrogen and oxygen atoms in total. The third kappa shape index (κ3) is 5.17. The summed E-state index contributed by atoms with van der Waals surface area (Å²) in [6, 6.07) is -0.206. The SMILES string of the molecule is CCOC(=O)CCCNC(C(=O)OC)C1CC1. The van der Waals surface area contributed by atoms with E-state index in [9.17, 15) is 9.59 Å². The van der Waals surface area contributed by atoms with Crippen LogP contribution in [0.3, 0.4) is 0 Å². The summed E-state index contributed by atoms with van der Waals surface area (Å²) in [5.41, 5.74) is 0. The normalized spacial score (nSPS) is 16.4. The molecule has 0 spiro atoms. The third-order valence-corrected chi connectivity index (χ3v) is 2.78. The van der Waals surface area contributed by atoms with Gasteiger partial charge >= 0.3 is 11.9 Å². The van der Waals surface area contributed by atoms with Crippen LogP contribution < -0.4 is 5.32 Å². The molecule has 1 aliphatic rings. The second kappa shape index (κ2) is 7.27. The van der Waals surface area contributed by atoms with Crippen LogP contribution in [-0.2, 0) is 19.1 Å². The molecule has 0 bridgehead atoms. The zero-order chi connectivity index (χ0) is 12.7. The lowest BCUT2D eigenvalue weighted by molar-refractivity contribution is -0.143. The summed E-state index contributed by atoms with van der Waals surface area (Å²) >= 11 is 0. The lowest BCUT2D eigenvalue weighted by Crippen LogP contribution is -2.40. The first-order chi connectivity index (χ1) is 8.19. The molecule has 1 unspecified atom stereocenters. The van der Waals surface area contributed by atoms with Gasteiger partial charge in [0.05, 0.1) is 13.7 Å². The zero-order valence-corrected chi connectivity index (χ0v) is 10.5. The Labute approximate surface area is 102 Å². The summed E-state index contributed by atoms with van der Waals surface area (Å²) in [4.78, 5) is 22.5. The zero-order valence-electron chi connectivity index (χ0n) is 10.5. The Morgan fingerprint density at radius 3 is 2.65 bits per heavy atom. The summed E-state index contributed by atoms with van der Waals surface area (Å²) in [5, 5.41) is 3.15. The van der Waals surface area contributed by atoms with Crippen LogP contribution in [0.2, 0.25) is 0 Å². The van der Waals surface area contributed by atoms with Crippen LogP contribution in [0.25, 0.3) is 0 Å². The van der Waals surface area contributed by atoms with E-state index in [-0.39, 0.29) is 18.0 Å². The largest absolute Gasteiger partial charge is 0.468 e. The van der Waals surface area contributed by atoms with Crippen molar-refractivity contribution in [2.75, 3.05) is 20.3 Å². The molecule has 0 aromatic rings. The molecule has 1 aliphatic carbocycles. The van der Waals surface area contributed by atoms with Gasteiger partial charge in [0.15, 0.2) is 0 Å². The van der Waals surface area contributed by atoms with Gasteiger partial charge in [0.2, 0.25) is 0 Å². The van der Waals surface area contributed by atoms with Crippen LogP contribution >= 0.6 is 0 Å². The van der Waals surface area contributed by atoms with E-state index in [2.05, 4.69) is 5.32 Å². The molecule has 0 aromatic carbocycles. The Kier molecular flexibility index (Phi) is 5.97. The van der Waals surface area contributed by atoms with Gasteiger partial charge in [-0.15, -0.1) is 0 Å². The second-order valence-corrected chi connectivity index (χ2v) is 4.20. The fraction of sp³-hybridized carbons (Fsp3) is 0.833. The van der Waals surface area contributed by atoms with Crippen molar-refractivity contribution in [2.24, 2.45) is 5.92 Å². The van der Waals surface area contributed by atoms with Gasteiger partial charge in [0.1, 0.15) is 6.04 Å². The smallest absolute Gasteiger partial charge is 0.323 e. The Bertz CT molecular complexity index is 263. The van der Waals surface area contributed by atoms with E-state index in [1.54, 1.807) is 6.92 Å². The van der Waals surface area contributed by atoms with Crippen LogP contribution in [0.5, 0.6) is 0 Å². The van der Waals surface area contributed by atoms with Crippen LogP contribution in [0.4, 0.5) is 0 Å². The van der Waals surface area contributed by atoms with Crippen molar-refractivity contribution in [1.29, 1.82) is 0 Å². The maximum atomic E-state index is 11.4. The molecule has 0 heterocycles. The molecule has 1 N–H and O–H groups in total.